The third-order valence-electron chi connectivity index (χ3n) is 13.3. The van der Waals surface area contributed by atoms with E-state index < -0.39 is 40.8 Å². The first-order valence-corrected chi connectivity index (χ1v) is 23.2. The maximum absolute atomic E-state index is 14.9. The van der Waals surface area contributed by atoms with Crippen molar-refractivity contribution in [2.75, 3.05) is 27.4 Å². The van der Waals surface area contributed by atoms with Crippen molar-refractivity contribution in [2.24, 2.45) is 40.4 Å². The third kappa shape index (κ3) is 9.89. The van der Waals surface area contributed by atoms with Crippen molar-refractivity contribution in [3.8, 4) is 22.9 Å². The second kappa shape index (κ2) is 18.1. The number of amides is 1. The lowest BCUT2D eigenvalue weighted by Crippen LogP contribution is -2.48. The Hall–Kier alpha value is -3.81. The number of carbonyl (C=O) groups is 4. The highest BCUT2D eigenvalue weighted by atomic mass is 35.5. The number of thiazole rings is 1. The van der Waals surface area contributed by atoms with Crippen molar-refractivity contribution >= 4 is 57.5 Å². The molecule has 1 aliphatic heterocycles. The van der Waals surface area contributed by atoms with Gasteiger partial charge in [-0.2, -0.15) is 0 Å². The van der Waals surface area contributed by atoms with Crippen LogP contribution in [-0.4, -0.2) is 90.2 Å². The predicted octanol–water partition coefficient (Wildman–Crippen LogP) is 8.91. The zero-order valence-electron chi connectivity index (χ0n) is 37.1. The number of ketones is 1. The standard InChI is InChI=1S/C47H62ClN3O9S/c1-10-29-20-47(29,45(55)57-9)21-37(52)36-17-31(22-51(36)44(54)33(46(5,6)7)18-41(53)60-30-15-27-14-28(27)16-30)59-39-19-34(35-24-61-40(49-35)13-25(2)3)50-43-32(39)11-12-38(42(43)48)58-23-26(4)56-8/h11-12,19,24-31,33,36H,10,13-18,20-23H2,1-9H3/t26?,27-,28+,29-,30?,31-,33?,36+,47-/m1/s1. The Balaban J connectivity index is 1.21. The number of pyridine rings is 1. The van der Waals surface area contributed by atoms with Crippen molar-refractivity contribution in [1.82, 2.24) is 14.9 Å². The van der Waals surface area contributed by atoms with Gasteiger partial charge in [0.25, 0.3) is 0 Å². The summed E-state index contributed by atoms with van der Waals surface area (Å²) in [7, 11) is 2.97. The molecule has 2 aromatic heterocycles. The van der Waals surface area contributed by atoms with E-state index in [1.807, 2.05) is 52.1 Å². The van der Waals surface area contributed by atoms with Gasteiger partial charge >= 0.3 is 11.9 Å². The quantitative estimate of drug-likeness (QED) is 0.113. The summed E-state index contributed by atoms with van der Waals surface area (Å²) in [6, 6.07) is 4.57. The molecule has 3 aliphatic carbocycles. The number of hydrogen-bond acceptors (Lipinski definition) is 12. The molecule has 1 amide bonds. The summed E-state index contributed by atoms with van der Waals surface area (Å²) in [6.45, 7) is 14.4. The van der Waals surface area contributed by atoms with Crippen molar-refractivity contribution in [1.29, 1.82) is 0 Å². The molecule has 3 aromatic rings. The van der Waals surface area contributed by atoms with Crippen LogP contribution in [0, 0.1) is 40.4 Å². The number of hydrogen-bond donors (Lipinski definition) is 0. The number of halogens is 1. The molecular formula is C47H62ClN3O9S. The van der Waals surface area contributed by atoms with Gasteiger partial charge in [-0.25, -0.2) is 9.97 Å². The Morgan fingerprint density at radius 2 is 1.72 bits per heavy atom. The van der Waals surface area contributed by atoms with Crippen molar-refractivity contribution in [3.05, 3.63) is 33.6 Å². The molecule has 9 atom stereocenters. The molecule has 12 nitrogen and oxygen atoms in total. The Morgan fingerprint density at radius 1 is 0.984 bits per heavy atom. The van der Waals surface area contributed by atoms with Gasteiger partial charge in [-0.05, 0) is 73.8 Å². The smallest absolute Gasteiger partial charge is 0.312 e. The van der Waals surface area contributed by atoms with E-state index in [-0.39, 0.29) is 62.2 Å². The summed E-state index contributed by atoms with van der Waals surface area (Å²) < 4.78 is 29.5. The highest BCUT2D eigenvalue weighted by Gasteiger charge is 2.62. The highest BCUT2D eigenvalue weighted by molar-refractivity contribution is 7.09. The minimum absolute atomic E-state index is 0.0184. The molecule has 0 spiro atoms. The Bertz CT molecular complexity index is 2120. The van der Waals surface area contributed by atoms with Gasteiger partial charge in [-0.15, -0.1) is 11.3 Å². The van der Waals surface area contributed by atoms with E-state index in [1.54, 1.807) is 29.4 Å². The number of rotatable bonds is 18. The number of aromatic nitrogens is 2. The maximum Gasteiger partial charge on any atom is 0.312 e. The SMILES string of the molecule is CC[C@@H]1C[C@]1(CC(=O)[C@@H]1C[C@@H](Oc2cc(-c3csc(CC(C)C)n3)nc3c(Cl)c(OCC(C)OC)ccc23)CN1C(=O)C(CC(=O)OC1C[C@@H]2C[C@@H]2C1)C(C)(C)C)C(=O)OC. The topological polar surface area (TPSA) is 143 Å². The molecule has 0 radical (unpaired) electrons. The van der Waals surface area contributed by atoms with Crippen LogP contribution in [0.2, 0.25) is 5.02 Å². The molecular weight excluding hydrogens is 818 g/mol. The van der Waals surface area contributed by atoms with Gasteiger partial charge in [0.1, 0.15) is 35.3 Å². The number of likely N-dealkylation sites (tertiary alicyclic amines) is 1. The van der Waals surface area contributed by atoms with E-state index in [0.717, 1.165) is 30.7 Å². The zero-order chi connectivity index (χ0) is 44.0. The fourth-order valence-electron chi connectivity index (χ4n) is 9.51. The van der Waals surface area contributed by atoms with Gasteiger partial charge < -0.3 is 28.6 Å². The first-order chi connectivity index (χ1) is 28.9. The van der Waals surface area contributed by atoms with E-state index in [0.29, 0.717) is 63.0 Å². The van der Waals surface area contributed by atoms with Crippen LogP contribution in [0.1, 0.15) is 105 Å². The summed E-state index contributed by atoms with van der Waals surface area (Å²) in [5, 5.41) is 3.89. The van der Waals surface area contributed by atoms with Crippen LogP contribution in [0.3, 0.4) is 0 Å². The first kappa shape index (κ1) is 45.2. The van der Waals surface area contributed by atoms with E-state index >= 15 is 0 Å². The lowest BCUT2D eigenvalue weighted by molar-refractivity contribution is -0.157. The van der Waals surface area contributed by atoms with E-state index in [9.17, 15) is 19.2 Å². The second-order valence-electron chi connectivity index (χ2n) is 19.4. The minimum atomic E-state index is -0.917. The molecule has 7 rings (SSSR count). The predicted molar refractivity (Wildman–Crippen MR) is 234 cm³/mol. The number of methoxy groups -OCH3 is 2. The summed E-state index contributed by atoms with van der Waals surface area (Å²) >= 11 is 8.62. The fraction of sp³-hybridized carbons (Fsp3) is 0.660. The molecule has 14 heteroatoms. The van der Waals surface area contributed by atoms with Gasteiger partial charge in [-0.1, -0.05) is 59.6 Å². The van der Waals surface area contributed by atoms with Crippen LogP contribution in [0.5, 0.6) is 11.5 Å². The highest BCUT2D eigenvalue weighted by Crippen LogP contribution is 2.58. The summed E-state index contributed by atoms with van der Waals surface area (Å²) in [5.74, 6) is 0.543. The van der Waals surface area contributed by atoms with E-state index in [1.165, 1.54) is 13.5 Å². The number of esters is 2. The summed E-state index contributed by atoms with van der Waals surface area (Å²) in [4.78, 5) is 67.7. The molecule has 1 aromatic carbocycles. The van der Waals surface area contributed by atoms with Crippen LogP contribution in [0.15, 0.2) is 23.6 Å². The van der Waals surface area contributed by atoms with E-state index in [4.69, 9.17) is 45.3 Å². The largest absolute Gasteiger partial charge is 0.489 e. The molecule has 61 heavy (non-hydrogen) atoms. The summed E-state index contributed by atoms with van der Waals surface area (Å²) in [6.07, 6.45) is 4.21. The Morgan fingerprint density at radius 3 is 2.36 bits per heavy atom. The molecule has 4 aliphatic rings. The molecule has 4 fully saturated rings. The number of Topliss-reactive ketones (excluding diaryl/α,β-unsaturated/α-hetero) is 1. The third-order valence-corrected chi connectivity index (χ3v) is 14.6. The molecule has 3 heterocycles. The first-order valence-electron chi connectivity index (χ1n) is 22.0. The number of carbonyl (C=O) groups excluding carboxylic acids is 4. The molecule has 1 saturated heterocycles. The van der Waals surface area contributed by atoms with Crippen LogP contribution >= 0.6 is 22.9 Å². The second-order valence-corrected chi connectivity index (χ2v) is 20.7. The normalized spacial score (nSPS) is 26.5. The zero-order valence-corrected chi connectivity index (χ0v) is 38.7. The molecule has 0 bridgehead atoms. The average molecular weight is 881 g/mol. The lowest BCUT2D eigenvalue weighted by atomic mass is 9.77. The fourth-order valence-corrected chi connectivity index (χ4v) is 10.8. The molecule has 0 N–H and O–H groups in total. The maximum atomic E-state index is 14.9. The average Bonchev–Trinajstić information content (AvgIpc) is 3.88. The monoisotopic (exact) mass is 879 g/mol. The minimum Gasteiger partial charge on any atom is -0.489 e. The van der Waals surface area contributed by atoms with Crippen molar-refractivity contribution < 1.29 is 42.9 Å². The number of nitrogens with zero attached hydrogens (tertiary/aromatic N) is 3. The van der Waals surface area contributed by atoms with Gasteiger partial charge in [0, 0.05) is 43.2 Å². The van der Waals surface area contributed by atoms with Gasteiger partial charge in [0.05, 0.1) is 65.5 Å². The Kier molecular flexibility index (Phi) is 13.4. The van der Waals surface area contributed by atoms with Crippen LogP contribution in [0.4, 0.5) is 0 Å². The molecule has 3 unspecified atom stereocenters. The van der Waals surface area contributed by atoms with Crippen LogP contribution in [-0.2, 0) is 39.8 Å². The van der Waals surface area contributed by atoms with Crippen LogP contribution < -0.4 is 9.47 Å². The number of benzene rings is 1. The number of fused-ring (bicyclic) bond motifs is 2. The van der Waals surface area contributed by atoms with Crippen LogP contribution in [0.25, 0.3) is 22.3 Å². The summed E-state index contributed by atoms with van der Waals surface area (Å²) in [5.41, 5.74) is 0.143. The number of ether oxygens (including phenoxy) is 5. The Labute approximate surface area is 368 Å². The van der Waals surface area contributed by atoms with Gasteiger partial charge in [-0.3, -0.25) is 19.2 Å². The molecule has 332 valence electrons. The van der Waals surface area contributed by atoms with E-state index in [2.05, 4.69) is 13.8 Å². The van der Waals surface area contributed by atoms with Gasteiger partial charge in [0.2, 0.25) is 5.91 Å². The van der Waals surface area contributed by atoms with Gasteiger partial charge in [0.15, 0.2) is 5.78 Å². The van der Waals surface area contributed by atoms with Crippen molar-refractivity contribution in [3.63, 3.8) is 0 Å². The van der Waals surface area contributed by atoms with Crippen molar-refractivity contribution in [2.45, 2.75) is 131 Å². The molecule has 3 saturated carbocycles. The lowest BCUT2D eigenvalue weighted by Gasteiger charge is -2.35.